The van der Waals surface area contributed by atoms with Gasteiger partial charge in [0.15, 0.2) is 0 Å². The fourth-order valence-electron chi connectivity index (χ4n) is 1.77. The molecule has 1 aromatic carbocycles. The Morgan fingerprint density at radius 1 is 0.889 bits per heavy atom. The molecular formula is C14H18O2S2. The fraction of sp³-hybridized carbons (Fsp3) is 0.571. The Balaban J connectivity index is 1.46. The van der Waals surface area contributed by atoms with Gasteiger partial charge in [-0.2, -0.15) is 23.5 Å². The zero-order valence-electron chi connectivity index (χ0n) is 10.3. The molecule has 0 aromatic heterocycles. The van der Waals surface area contributed by atoms with E-state index in [0.717, 1.165) is 36.2 Å². The Morgan fingerprint density at radius 3 is 1.72 bits per heavy atom. The zero-order valence-corrected chi connectivity index (χ0v) is 12.0. The van der Waals surface area contributed by atoms with Crippen LogP contribution in [0.1, 0.15) is 11.1 Å². The first-order valence-corrected chi connectivity index (χ1v) is 8.68. The number of benzene rings is 1. The Morgan fingerprint density at radius 2 is 1.33 bits per heavy atom. The van der Waals surface area contributed by atoms with Crippen molar-refractivity contribution in [3.05, 3.63) is 35.4 Å². The van der Waals surface area contributed by atoms with Crippen LogP contribution in [-0.2, 0) is 21.0 Å². The van der Waals surface area contributed by atoms with Crippen LogP contribution in [0.25, 0.3) is 0 Å². The van der Waals surface area contributed by atoms with Crippen molar-refractivity contribution in [2.24, 2.45) is 0 Å². The first kappa shape index (κ1) is 12.9. The molecule has 2 nitrogen and oxygen atoms in total. The molecule has 2 aliphatic rings. The van der Waals surface area contributed by atoms with Gasteiger partial charge in [-0.25, -0.2) is 0 Å². The largest absolute Gasteiger partial charge is 0.372 e. The molecule has 0 aliphatic carbocycles. The zero-order chi connectivity index (χ0) is 12.2. The van der Waals surface area contributed by atoms with Gasteiger partial charge in [-0.05, 0) is 11.1 Å². The van der Waals surface area contributed by atoms with Crippen LogP contribution in [0.5, 0.6) is 0 Å². The second-order valence-electron chi connectivity index (χ2n) is 4.71. The SMILES string of the molecule is c1ccc(CSCC2CO2)c(CSCC2CO2)c1. The van der Waals surface area contributed by atoms with Gasteiger partial charge in [-0.1, -0.05) is 24.3 Å². The topological polar surface area (TPSA) is 25.1 Å². The molecule has 4 heteroatoms. The lowest BCUT2D eigenvalue weighted by Crippen LogP contribution is -1.96. The van der Waals surface area contributed by atoms with Crippen molar-refractivity contribution in [2.75, 3.05) is 24.7 Å². The highest BCUT2D eigenvalue weighted by molar-refractivity contribution is 7.98. The molecule has 3 rings (SSSR count). The molecule has 2 atom stereocenters. The molecule has 0 bridgehead atoms. The normalized spacial score (nSPS) is 25.1. The molecule has 2 fully saturated rings. The summed E-state index contributed by atoms with van der Waals surface area (Å²) in [7, 11) is 0. The quantitative estimate of drug-likeness (QED) is 0.685. The minimum Gasteiger partial charge on any atom is -0.372 e. The molecule has 0 N–H and O–H groups in total. The van der Waals surface area contributed by atoms with Gasteiger partial charge >= 0.3 is 0 Å². The van der Waals surface area contributed by atoms with E-state index in [0.29, 0.717) is 12.2 Å². The molecule has 98 valence electrons. The maximum Gasteiger partial charge on any atom is 0.0900 e. The van der Waals surface area contributed by atoms with Gasteiger partial charge < -0.3 is 9.47 Å². The first-order chi connectivity index (χ1) is 8.92. The summed E-state index contributed by atoms with van der Waals surface area (Å²) >= 11 is 3.97. The van der Waals surface area contributed by atoms with Crippen LogP contribution in [-0.4, -0.2) is 36.9 Å². The molecule has 0 radical (unpaired) electrons. The maximum atomic E-state index is 5.24. The summed E-state index contributed by atoms with van der Waals surface area (Å²) in [4.78, 5) is 0. The monoisotopic (exact) mass is 282 g/mol. The van der Waals surface area contributed by atoms with Crippen LogP contribution in [0.2, 0.25) is 0 Å². The summed E-state index contributed by atoms with van der Waals surface area (Å²) in [5, 5.41) is 0. The van der Waals surface area contributed by atoms with Crippen LogP contribution < -0.4 is 0 Å². The molecule has 0 saturated carbocycles. The van der Waals surface area contributed by atoms with Crippen LogP contribution in [0, 0.1) is 0 Å². The van der Waals surface area contributed by atoms with E-state index in [9.17, 15) is 0 Å². The van der Waals surface area contributed by atoms with Gasteiger partial charge in [0.05, 0.1) is 25.4 Å². The van der Waals surface area contributed by atoms with Crippen LogP contribution in [0.15, 0.2) is 24.3 Å². The molecule has 0 amide bonds. The van der Waals surface area contributed by atoms with Crippen LogP contribution >= 0.6 is 23.5 Å². The number of hydrogen-bond acceptors (Lipinski definition) is 4. The predicted octanol–water partition coefficient (Wildman–Crippen LogP) is 2.95. The van der Waals surface area contributed by atoms with Crippen molar-refractivity contribution in [1.82, 2.24) is 0 Å². The number of ether oxygens (including phenoxy) is 2. The van der Waals surface area contributed by atoms with Gasteiger partial charge in [0.2, 0.25) is 0 Å². The molecule has 2 aliphatic heterocycles. The van der Waals surface area contributed by atoms with E-state index in [2.05, 4.69) is 24.3 Å². The van der Waals surface area contributed by atoms with Crippen molar-refractivity contribution in [2.45, 2.75) is 23.7 Å². The van der Waals surface area contributed by atoms with Crippen molar-refractivity contribution >= 4 is 23.5 Å². The minimum absolute atomic E-state index is 0.531. The van der Waals surface area contributed by atoms with E-state index in [1.165, 1.54) is 11.1 Å². The second kappa shape index (κ2) is 6.33. The summed E-state index contributed by atoms with van der Waals surface area (Å²) in [6, 6.07) is 8.79. The molecule has 0 spiro atoms. The van der Waals surface area contributed by atoms with Gasteiger partial charge in [0, 0.05) is 23.0 Å². The first-order valence-electron chi connectivity index (χ1n) is 6.37. The Kier molecular flexibility index (Phi) is 4.52. The molecule has 2 heterocycles. The molecule has 18 heavy (non-hydrogen) atoms. The van der Waals surface area contributed by atoms with Gasteiger partial charge in [0.25, 0.3) is 0 Å². The highest BCUT2D eigenvalue weighted by Gasteiger charge is 2.22. The Bertz CT molecular complexity index is 352. The average molecular weight is 282 g/mol. The lowest BCUT2D eigenvalue weighted by molar-refractivity contribution is 0.426. The van der Waals surface area contributed by atoms with Crippen LogP contribution in [0.4, 0.5) is 0 Å². The van der Waals surface area contributed by atoms with Crippen molar-refractivity contribution in [1.29, 1.82) is 0 Å². The van der Waals surface area contributed by atoms with Gasteiger partial charge in [-0.3, -0.25) is 0 Å². The molecular weight excluding hydrogens is 264 g/mol. The number of rotatable bonds is 8. The third kappa shape index (κ3) is 4.19. The summed E-state index contributed by atoms with van der Waals surface area (Å²) < 4.78 is 10.5. The highest BCUT2D eigenvalue weighted by Crippen LogP contribution is 2.25. The predicted molar refractivity (Wildman–Crippen MR) is 78.2 cm³/mol. The standard InChI is InChI=1S/C14H18O2S2/c1-2-4-12(8-18-10-14-6-16-14)11(3-1)7-17-9-13-5-15-13/h1-4,13-14H,5-10H2. The second-order valence-corrected chi connectivity index (χ2v) is 6.77. The lowest BCUT2D eigenvalue weighted by Gasteiger charge is -2.08. The third-order valence-corrected chi connectivity index (χ3v) is 5.29. The van der Waals surface area contributed by atoms with Crippen molar-refractivity contribution < 1.29 is 9.47 Å². The molecule has 2 saturated heterocycles. The minimum atomic E-state index is 0.531. The summed E-state index contributed by atoms with van der Waals surface area (Å²) in [5.41, 5.74) is 2.96. The third-order valence-electron chi connectivity index (χ3n) is 3.05. The molecule has 2 unspecified atom stereocenters. The smallest absolute Gasteiger partial charge is 0.0900 e. The highest BCUT2D eigenvalue weighted by atomic mass is 32.2. The van der Waals surface area contributed by atoms with E-state index in [-0.39, 0.29) is 0 Å². The number of hydrogen-bond donors (Lipinski definition) is 0. The van der Waals surface area contributed by atoms with Gasteiger partial charge in [-0.15, -0.1) is 0 Å². The average Bonchev–Trinajstić information content (AvgIpc) is 3.25. The Labute approximate surface area is 117 Å². The van der Waals surface area contributed by atoms with Crippen LogP contribution in [0.3, 0.4) is 0 Å². The van der Waals surface area contributed by atoms with E-state index >= 15 is 0 Å². The maximum absolute atomic E-state index is 5.24. The van der Waals surface area contributed by atoms with E-state index in [1.54, 1.807) is 0 Å². The lowest BCUT2D eigenvalue weighted by atomic mass is 10.1. The van der Waals surface area contributed by atoms with E-state index in [4.69, 9.17) is 9.47 Å². The summed E-state index contributed by atoms with van der Waals surface area (Å²) in [6.45, 7) is 1.93. The van der Waals surface area contributed by atoms with Crippen molar-refractivity contribution in [3.8, 4) is 0 Å². The Hall–Kier alpha value is -0.160. The summed E-state index contributed by atoms with van der Waals surface area (Å²) in [5.74, 6) is 4.49. The van der Waals surface area contributed by atoms with Crippen molar-refractivity contribution in [3.63, 3.8) is 0 Å². The number of epoxide rings is 2. The van der Waals surface area contributed by atoms with E-state index < -0.39 is 0 Å². The summed E-state index contributed by atoms with van der Waals surface area (Å²) in [6.07, 6.45) is 1.06. The molecule has 1 aromatic rings. The fourth-order valence-corrected chi connectivity index (χ4v) is 3.92. The van der Waals surface area contributed by atoms with Gasteiger partial charge in [0.1, 0.15) is 0 Å². The van der Waals surface area contributed by atoms with E-state index in [1.807, 2.05) is 23.5 Å². The number of thioether (sulfide) groups is 2.